The van der Waals surface area contributed by atoms with E-state index in [0.29, 0.717) is 10.8 Å². The van der Waals surface area contributed by atoms with Crippen molar-refractivity contribution < 1.29 is 0 Å². The summed E-state index contributed by atoms with van der Waals surface area (Å²) in [7, 11) is 0. The zero-order valence-electron chi connectivity index (χ0n) is 7.85. The van der Waals surface area contributed by atoms with Gasteiger partial charge in [0.15, 0.2) is 0 Å². The van der Waals surface area contributed by atoms with Crippen molar-refractivity contribution in [3.05, 3.63) is 12.7 Å². The van der Waals surface area contributed by atoms with Gasteiger partial charge < -0.3 is 0 Å². The van der Waals surface area contributed by atoms with Crippen LogP contribution in [0.4, 0.5) is 0 Å². The van der Waals surface area contributed by atoms with E-state index < -0.39 is 0 Å². The van der Waals surface area contributed by atoms with Crippen LogP contribution in [0.3, 0.4) is 0 Å². The van der Waals surface area contributed by atoms with Crippen LogP contribution >= 0.6 is 0 Å². The van der Waals surface area contributed by atoms with Gasteiger partial charge in [-0.15, -0.1) is 6.58 Å². The van der Waals surface area contributed by atoms with Crippen LogP contribution in [0.1, 0.15) is 33.6 Å². The Labute approximate surface area is 69.7 Å². The molecule has 2 rings (SSSR count). The van der Waals surface area contributed by atoms with E-state index in [0.717, 1.165) is 11.8 Å². The maximum Gasteiger partial charge on any atom is -0.0150 e. The molecular weight excluding hydrogens is 132 g/mol. The average molecular weight is 150 g/mol. The summed E-state index contributed by atoms with van der Waals surface area (Å²) in [5, 5.41) is 0. The second-order valence-electron chi connectivity index (χ2n) is 4.86. The van der Waals surface area contributed by atoms with Crippen LogP contribution in [-0.2, 0) is 0 Å². The topological polar surface area (TPSA) is 0 Å². The largest absolute Gasteiger partial charge is 0.103 e. The molecule has 0 bridgehead atoms. The van der Waals surface area contributed by atoms with Crippen LogP contribution in [0.2, 0.25) is 0 Å². The van der Waals surface area contributed by atoms with Crippen molar-refractivity contribution in [3.63, 3.8) is 0 Å². The fraction of sp³-hybridized carbons (Fsp3) is 0.818. The van der Waals surface area contributed by atoms with Crippen molar-refractivity contribution in [1.29, 1.82) is 0 Å². The summed E-state index contributed by atoms with van der Waals surface area (Å²) in [5.74, 6) is 1.75. The van der Waals surface area contributed by atoms with Gasteiger partial charge >= 0.3 is 0 Å². The van der Waals surface area contributed by atoms with Crippen molar-refractivity contribution in [2.45, 2.75) is 33.6 Å². The normalized spacial score (nSPS) is 51.9. The van der Waals surface area contributed by atoms with Gasteiger partial charge in [-0.25, -0.2) is 0 Å². The first-order chi connectivity index (χ1) is 5.07. The quantitative estimate of drug-likeness (QED) is 0.503. The van der Waals surface area contributed by atoms with Gasteiger partial charge in [0.25, 0.3) is 0 Å². The van der Waals surface area contributed by atoms with Crippen molar-refractivity contribution in [2.75, 3.05) is 0 Å². The molecule has 0 aromatic rings. The average Bonchev–Trinajstić information content (AvgIpc) is 2.30. The lowest BCUT2D eigenvalue weighted by atomic mass is 9.66. The lowest BCUT2D eigenvalue weighted by molar-refractivity contribution is 0.139. The second kappa shape index (κ2) is 1.73. The molecule has 0 aromatic carbocycles. The highest BCUT2D eigenvalue weighted by atomic mass is 14.8. The van der Waals surface area contributed by atoms with E-state index in [1.165, 1.54) is 12.8 Å². The van der Waals surface area contributed by atoms with E-state index in [2.05, 4.69) is 33.4 Å². The number of hydrogen-bond donors (Lipinski definition) is 0. The van der Waals surface area contributed by atoms with E-state index in [4.69, 9.17) is 0 Å². The summed E-state index contributed by atoms with van der Waals surface area (Å²) in [6.45, 7) is 11.1. The molecule has 2 aliphatic carbocycles. The molecule has 3 unspecified atom stereocenters. The first-order valence-electron chi connectivity index (χ1n) is 4.70. The molecule has 0 aromatic heterocycles. The van der Waals surface area contributed by atoms with Crippen LogP contribution in [0, 0.1) is 22.7 Å². The summed E-state index contributed by atoms with van der Waals surface area (Å²) in [5.41, 5.74) is 1.28. The van der Waals surface area contributed by atoms with E-state index in [1.807, 2.05) is 0 Å². The Morgan fingerprint density at radius 2 is 2.00 bits per heavy atom. The zero-order chi connectivity index (χ0) is 8.28. The van der Waals surface area contributed by atoms with Crippen molar-refractivity contribution in [1.82, 2.24) is 0 Å². The molecule has 0 nitrogen and oxygen atoms in total. The lowest BCUT2D eigenvalue weighted by Gasteiger charge is -2.39. The minimum atomic E-state index is 0.601. The maximum absolute atomic E-state index is 3.92. The van der Waals surface area contributed by atoms with Crippen LogP contribution in [0.5, 0.6) is 0 Å². The fourth-order valence-electron chi connectivity index (χ4n) is 3.45. The van der Waals surface area contributed by atoms with Crippen LogP contribution in [0.25, 0.3) is 0 Å². The molecular formula is C11H18. The first-order valence-corrected chi connectivity index (χ1v) is 4.70. The smallest absolute Gasteiger partial charge is 0.0150 e. The van der Waals surface area contributed by atoms with Crippen LogP contribution in [-0.4, -0.2) is 0 Å². The summed E-state index contributed by atoms with van der Waals surface area (Å²) < 4.78 is 0. The third-order valence-electron chi connectivity index (χ3n) is 4.79. The standard InChI is InChI=1S/C11H18/c1-5-9-6-7-11(9)8(2)10(11,3)4/h5,8-9H,1,6-7H2,2-4H3. The Morgan fingerprint density at radius 3 is 2.09 bits per heavy atom. The predicted octanol–water partition coefficient (Wildman–Crippen LogP) is 3.24. The molecule has 11 heavy (non-hydrogen) atoms. The SMILES string of the molecule is C=CC1CCC12C(C)C2(C)C. The second-order valence-corrected chi connectivity index (χ2v) is 4.86. The molecule has 2 aliphatic rings. The van der Waals surface area contributed by atoms with E-state index in [9.17, 15) is 0 Å². The van der Waals surface area contributed by atoms with Gasteiger partial charge in [-0.1, -0.05) is 26.8 Å². The highest BCUT2D eigenvalue weighted by Gasteiger charge is 2.73. The molecule has 0 aliphatic heterocycles. The summed E-state index contributed by atoms with van der Waals surface area (Å²) in [4.78, 5) is 0. The Balaban J connectivity index is 2.22. The van der Waals surface area contributed by atoms with E-state index in [-0.39, 0.29) is 0 Å². The van der Waals surface area contributed by atoms with Gasteiger partial charge in [-0.2, -0.15) is 0 Å². The van der Waals surface area contributed by atoms with Crippen molar-refractivity contribution >= 4 is 0 Å². The van der Waals surface area contributed by atoms with Gasteiger partial charge in [0.2, 0.25) is 0 Å². The summed E-state index contributed by atoms with van der Waals surface area (Å²) in [6.07, 6.45) is 5.00. The number of rotatable bonds is 1. The molecule has 0 saturated heterocycles. The minimum Gasteiger partial charge on any atom is -0.103 e. The highest BCUT2D eigenvalue weighted by Crippen LogP contribution is 2.80. The van der Waals surface area contributed by atoms with E-state index >= 15 is 0 Å². The number of hydrogen-bond acceptors (Lipinski definition) is 0. The Kier molecular flexibility index (Phi) is 1.16. The molecule has 0 N–H and O–H groups in total. The van der Waals surface area contributed by atoms with Gasteiger partial charge in [-0.05, 0) is 35.5 Å². The minimum absolute atomic E-state index is 0.601. The van der Waals surface area contributed by atoms with Crippen molar-refractivity contribution in [2.24, 2.45) is 22.7 Å². The fourth-order valence-corrected chi connectivity index (χ4v) is 3.45. The Hall–Kier alpha value is -0.260. The molecule has 0 heteroatoms. The van der Waals surface area contributed by atoms with Gasteiger partial charge in [0.1, 0.15) is 0 Å². The summed E-state index contributed by atoms with van der Waals surface area (Å²) in [6, 6.07) is 0. The number of allylic oxidation sites excluding steroid dienone is 1. The first kappa shape index (κ1) is 7.39. The molecule has 62 valence electrons. The Morgan fingerprint density at radius 1 is 1.45 bits per heavy atom. The summed E-state index contributed by atoms with van der Waals surface area (Å²) >= 11 is 0. The maximum atomic E-state index is 3.92. The Bertz CT molecular complexity index is 202. The van der Waals surface area contributed by atoms with Crippen LogP contribution in [0.15, 0.2) is 12.7 Å². The predicted molar refractivity (Wildman–Crippen MR) is 48.3 cm³/mol. The zero-order valence-corrected chi connectivity index (χ0v) is 7.85. The van der Waals surface area contributed by atoms with Gasteiger partial charge in [0, 0.05) is 0 Å². The molecule has 3 atom stereocenters. The molecule has 0 heterocycles. The van der Waals surface area contributed by atoms with Gasteiger partial charge in [0.05, 0.1) is 0 Å². The third kappa shape index (κ3) is 0.544. The van der Waals surface area contributed by atoms with E-state index in [1.54, 1.807) is 0 Å². The molecule has 0 radical (unpaired) electrons. The highest BCUT2D eigenvalue weighted by molar-refractivity contribution is 5.25. The monoisotopic (exact) mass is 150 g/mol. The third-order valence-corrected chi connectivity index (χ3v) is 4.79. The molecule has 2 fully saturated rings. The lowest BCUT2D eigenvalue weighted by Crippen LogP contribution is -2.30. The van der Waals surface area contributed by atoms with Crippen LogP contribution < -0.4 is 0 Å². The molecule has 0 amide bonds. The van der Waals surface area contributed by atoms with Gasteiger partial charge in [-0.3, -0.25) is 0 Å². The van der Waals surface area contributed by atoms with Crippen molar-refractivity contribution in [3.8, 4) is 0 Å². The molecule has 2 saturated carbocycles. The molecule has 1 spiro atoms.